The summed E-state index contributed by atoms with van der Waals surface area (Å²) in [5.41, 5.74) is 1.31. The number of fused-ring (bicyclic) bond motifs is 1. The van der Waals surface area contributed by atoms with Crippen molar-refractivity contribution in [3.8, 4) is 5.69 Å². The predicted octanol–water partition coefficient (Wildman–Crippen LogP) is 5.02. The van der Waals surface area contributed by atoms with Gasteiger partial charge in [0, 0.05) is 11.8 Å². The molecule has 2 aromatic carbocycles. The molecular formula is C23H16Cl2N4O3S. The smallest absolute Gasteiger partial charge is 0.266 e. The van der Waals surface area contributed by atoms with Crippen LogP contribution in [0.25, 0.3) is 16.6 Å². The number of amides is 1. The highest BCUT2D eigenvalue weighted by Gasteiger charge is 2.16. The van der Waals surface area contributed by atoms with Gasteiger partial charge in [-0.1, -0.05) is 47.1 Å². The van der Waals surface area contributed by atoms with Crippen LogP contribution in [0, 0.1) is 0 Å². The van der Waals surface area contributed by atoms with Crippen LogP contribution in [0.3, 0.4) is 0 Å². The van der Waals surface area contributed by atoms with Gasteiger partial charge in [-0.3, -0.25) is 19.0 Å². The van der Waals surface area contributed by atoms with E-state index in [1.54, 1.807) is 48.5 Å². The number of nitrogens with zero attached hydrogens (tertiary/aromatic N) is 3. The van der Waals surface area contributed by atoms with Crippen molar-refractivity contribution in [1.29, 1.82) is 0 Å². The number of para-hydroxylation sites is 1. The van der Waals surface area contributed by atoms with Crippen molar-refractivity contribution >= 4 is 63.4 Å². The summed E-state index contributed by atoms with van der Waals surface area (Å²) in [7, 11) is 0. The molecule has 0 atom stereocenters. The molecule has 2 heterocycles. The molecule has 0 radical (unpaired) electrons. The van der Waals surface area contributed by atoms with Gasteiger partial charge in [-0.15, -0.1) is 0 Å². The number of aromatic nitrogens is 3. The van der Waals surface area contributed by atoms with E-state index in [9.17, 15) is 14.4 Å². The van der Waals surface area contributed by atoms with E-state index in [-0.39, 0.29) is 33.8 Å². The standard InChI is InChI=1S/C23H16Cl2N4O3S/c1-13(30)14-6-8-16(9-7-14)29-22(32)17-4-2-3-5-19(17)27-23(29)33-12-20(31)28-21-18(25)10-15(24)11-26-21/h2-11H,12H2,1H3,(H,26,28,31). The maximum atomic E-state index is 13.3. The number of anilines is 1. The molecule has 0 unspecified atom stereocenters. The van der Waals surface area contributed by atoms with Crippen molar-refractivity contribution in [2.45, 2.75) is 12.1 Å². The lowest BCUT2D eigenvalue weighted by Crippen LogP contribution is -2.23. The van der Waals surface area contributed by atoms with Crippen LogP contribution in [0.15, 0.2) is 70.7 Å². The van der Waals surface area contributed by atoms with E-state index in [1.807, 2.05) is 0 Å². The average molecular weight is 499 g/mol. The monoisotopic (exact) mass is 498 g/mol. The lowest BCUT2D eigenvalue weighted by Gasteiger charge is -2.13. The quantitative estimate of drug-likeness (QED) is 0.228. The molecule has 7 nitrogen and oxygen atoms in total. The van der Waals surface area contributed by atoms with E-state index < -0.39 is 0 Å². The summed E-state index contributed by atoms with van der Waals surface area (Å²) in [5, 5.41) is 3.97. The number of benzene rings is 2. The first-order valence-electron chi connectivity index (χ1n) is 9.70. The molecule has 1 amide bonds. The largest absolute Gasteiger partial charge is 0.309 e. The second-order valence-electron chi connectivity index (χ2n) is 6.98. The number of ketones is 1. The summed E-state index contributed by atoms with van der Waals surface area (Å²) in [6.07, 6.45) is 1.38. The Morgan fingerprint density at radius 3 is 2.52 bits per heavy atom. The van der Waals surface area contributed by atoms with Gasteiger partial charge < -0.3 is 5.32 Å². The molecule has 1 N–H and O–H groups in total. The molecule has 10 heteroatoms. The lowest BCUT2D eigenvalue weighted by molar-refractivity contribution is -0.113. The first kappa shape index (κ1) is 23.0. The van der Waals surface area contributed by atoms with Crippen molar-refractivity contribution in [1.82, 2.24) is 14.5 Å². The number of hydrogen-bond donors (Lipinski definition) is 1. The minimum atomic E-state index is -0.377. The Morgan fingerprint density at radius 2 is 1.82 bits per heavy atom. The van der Waals surface area contributed by atoms with Crippen molar-refractivity contribution in [3.63, 3.8) is 0 Å². The van der Waals surface area contributed by atoms with Crippen LogP contribution in [0.5, 0.6) is 0 Å². The zero-order valence-corrected chi connectivity index (χ0v) is 19.5. The Balaban J connectivity index is 1.67. The Morgan fingerprint density at radius 1 is 1.09 bits per heavy atom. The Hall–Kier alpha value is -3.20. The summed E-state index contributed by atoms with van der Waals surface area (Å²) in [5.74, 6) is -0.309. The van der Waals surface area contributed by atoms with E-state index in [4.69, 9.17) is 23.2 Å². The number of pyridine rings is 1. The fraction of sp³-hybridized carbons (Fsp3) is 0.0870. The van der Waals surface area contributed by atoms with Crippen LogP contribution in [0.4, 0.5) is 5.82 Å². The highest BCUT2D eigenvalue weighted by atomic mass is 35.5. The number of rotatable bonds is 6. The number of halogens is 2. The van der Waals surface area contributed by atoms with E-state index in [0.29, 0.717) is 32.3 Å². The number of thioether (sulfide) groups is 1. The average Bonchev–Trinajstić information content (AvgIpc) is 2.80. The normalized spacial score (nSPS) is 10.9. The SMILES string of the molecule is CC(=O)c1ccc(-n2c(SCC(=O)Nc3ncc(Cl)cc3Cl)nc3ccccc3c2=O)cc1. The fourth-order valence-electron chi connectivity index (χ4n) is 3.09. The number of Topliss-reactive ketones (excluding diaryl/α,β-unsaturated/α-hetero) is 1. The maximum Gasteiger partial charge on any atom is 0.266 e. The van der Waals surface area contributed by atoms with E-state index in [2.05, 4.69) is 15.3 Å². The number of carbonyl (C=O) groups is 2. The Kier molecular flexibility index (Phi) is 6.78. The Labute approximate surface area is 202 Å². The van der Waals surface area contributed by atoms with Crippen LogP contribution >= 0.6 is 35.0 Å². The molecule has 166 valence electrons. The van der Waals surface area contributed by atoms with Gasteiger partial charge in [-0.25, -0.2) is 9.97 Å². The third-order valence-corrected chi connectivity index (χ3v) is 6.11. The second kappa shape index (κ2) is 9.74. The molecule has 0 bridgehead atoms. The topological polar surface area (TPSA) is 93.9 Å². The number of hydrogen-bond acceptors (Lipinski definition) is 6. The van der Waals surface area contributed by atoms with Crippen molar-refractivity contribution in [3.05, 3.63) is 86.8 Å². The molecular weight excluding hydrogens is 483 g/mol. The summed E-state index contributed by atoms with van der Waals surface area (Å²) in [6, 6.07) is 15.1. The van der Waals surface area contributed by atoms with E-state index >= 15 is 0 Å². The minimum Gasteiger partial charge on any atom is -0.309 e. The van der Waals surface area contributed by atoms with Gasteiger partial charge in [-0.2, -0.15) is 0 Å². The van der Waals surface area contributed by atoms with Crippen LogP contribution in [-0.2, 0) is 4.79 Å². The molecule has 4 rings (SSSR count). The van der Waals surface area contributed by atoms with Crippen molar-refractivity contribution in [2.24, 2.45) is 0 Å². The molecule has 0 aliphatic rings. The third kappa shape index (κ3) is 5.08. The second-order valence-corrected chi connectivity index (χ2v) is 8.76. The summed E-state index contributed by atoms with van der Waals surface area (Å²) < 4.78 is 1.43. The molecule has 2 aromatic heterocycles. The number of carbonyl (C=O) groups excluding carboxylic acids is 2. The maximum absolute atomic E-state index is 13.3. The summed E-state index contributed by atoms with van der Waals surface area (Å²) in [4.78, 5) is 46.0. The zero-order valence-electron chi connectivity index (χ0n) is 17.2. The Bertz CT molecular complexity index is 1440. The molecule has 0 fully saturated rings. The van der Waals surface area contributed by atoms with Gasteiger partial charge in [0.05, 0.1) is 32.4 Å². The molecule has 0 aliphatic heterocycles. The highest BCUT2D eigenvalue weighted by Crippen LogP contribution is 2.24. The zero-order chi connectivity index (χ0) is 23.5. The van der Waals surface area contributed by atoms with Crippen LogP contribution in [0.1, 0.15) is 17.3 Å². The van der Waals surface area contributed by atoms with Gasteiger partial charge in [0.25, 0.3) is 5.56 Å². The van der Waals surface area contributed by atoms with Gasteiger partial charge in [0.15, 0.2) is 16.8 Å². The van der Waals surface area contributed by atoms with E-state index in [0.717, 1.165) is 11.8 Å². The van der Waals surface area contributed by atoms with Crippen LogP contribution in [0.2, 0.25) is 10.0 Å². The molecule has 0 saturated heterocycles. The van der Waals surface area contributed by atoms with Crippen LogP contribution < -0.4 is 10.9 Å². The summed E-state index contributed by atoms with van der Waals surface area (Å²) in [6.45, 7) is 1.47. The third-order valence-electron chi connectivity index (χ3n) is 4.67. The van der Waals surface area contributed by atoms with E-state index in [1.165, 1.54) is 23.8 Å². The highest BCUT2D eigenvalue weighted by molar-refractivity contribution is 7.99. The fourth-order valence-corrected chi connectivity index (χ4v) is 4.33. The van der Waals surface area contributed by atoms with Crippen molar-refractivity contribution < 1.29 is 9.59 Å². The molecule has 4 aromatic rings. The first-order chi connectivity index (χ1) is 15.8. The van der Waals surface area contributed by atoms with Gasteiger partial charge in [0.1, 0.15) is 0 Å². The molecule has 33 heavy (non-hydrogen) atoms. The van der Waals surface area contributed by atoms with Gasteiger partial charge in [-0.05, 0) is 49.4 Å². The molecule has 0 aliphatic carbocycles. The predicted molar refractivity (Wildman–Crippen MR) is 131 cm³/mol. The molecule has 0 saturated carbocycles. The number of nitrogens with one attached hydrogen (secondary N) is 1. The van der Waals surface area contributed by atoms with Gasteiger partial charge in [0.2, 0.25) is 5.91 Å². The van der Waals surface area contributed by atoms with Crippen molar-refractivity contribution in [2.75, 3.05) is 11.1 Å². The lowest BCUT2D eigenvalue weighted by atomic mass is 10.1. The summed E-state index contributed by atoms with van der Waals surface area (Å²) >= 11 is 13.0. The minimum absolute atomic E-state index is 0.0447. The van der Waals surface area contributed by atoms with Crippen LogP contribution in [-0.4, -0.2) is 32.0 Å². The molecule has 0 spiro atoms. The first-order valence-corrected chi connectivity index (χ1v) is 11.4. The van der Waals surface area contributed by atoms with Gasteiger partial charge >= 0.3 is 0 Å².